The number of hydrogen-bond donors (Lipinski definition) is 2. The number of aromatic nitrogens is 5. The van der Waals surface area contributed by atoms with Crippen molar-refractivity contribution in [2.45, 2.75) is 32.9 Å². The Balaban J connectivity index is 1.62. The Morgan fingerprint density at radius 1 is 1.18 bits per heavy atom. The number of esters is 1. The highest BCUT2D eigenvalue weighted by Crippen LogP contribution is 2.23. The van der Waals surface area contributed by atoms with E-state index in [9.17, 15) is 9.59 Å². The smallest absolute Gasteiger partial charge is 0.356 e. The van der Waals surface area contributed by atoms with Gasteiger partial charge in [-0.2, -0.15) is 4.98 Å². The molecular formula is C24H25N7O3. The van der Waals surface area contributed by atoms with E-state index in [1.54, 1.807) is 27.6 Å². The second kappa shape index (κ2) is 8.71. The lowest BCUT2D eigenvalue weighted by atomic mass is 10.0. The summed E-state index contributed by atoms with van der Waals surface area (Å²) in [6, 6.07) is 11.0. The maximum absolute atomic E-state index is 13.2. The number of nitrogens with one attached hydrogen (secondary N) is 2. The first-order valence-electron chi connectivity index (χ1n) is 11.1. The van der Waals surface area contributed by atoms with Crippen LogP contribution < -0.4 is 16.2 Å². The Kier molecular flexibility index (Phi) is 5.58. The molecule has 0 spiro atoms. The third-order valence-electron chi connectivity index (χ3n) is 5.81. The molecule has 0 unspecified atom stereocenters. The molecule has 34 heavy (non-hydrogen) atoms. The van der Waals surface area contributed by atoms with Gasteiger partial charge in [-0.3, -0.25) is 4.79 Å². The van der Waals surface area contributed by atoms with E-state index in [0.717, 1.165) is 25.2 Å². The van der Waals surface area contributed by atoms with Gasteiger partial charge in [0.2, 0.25) is 5.95 Å². The SMILES string of the molecule is COC(=O)c1cccc(-n2c3nc(Nc4ccc5c(c4)CCNC5)ncc3c(=O)n2C(C)C)n1. The Morgan fingerprint density at radius 2 is 2.03 bits per heavy atom. The number of hydrogen-bond acceptors (Lipinski definition) is 8. The van der Waals surface area contributed by atoms with Crippen LogP contribution in [0.4, 0.5) is 11.6 Å². The van der Waals surface area contributed by atoms with Crippen LogP contribution in [0.25, 0.3) is 16.9 Å². The lowest BCUT2D eigenvalue weighted by Crippen LogP contribution is -2.25. The molecule has 0 amide bonds. The molecule has 1 aliphatic heterocycles. The fourth-order valence-corrected chi connectivity index (χ4v) is 4.19. The summed E-state index contributed by atoms with van der Waals surface area (Å²) in [5.41, 5.74) is 3.75. The molecule has 0 atom stereocenters. The van der Waals surface area contributed by atoms with E-state index in [4.69, 9.17) is 4.74 Å². The van der Waals surface area contributed by atoms with Crippen LogP contribution in [-0.4, -0.2) is 43.9 Å². The highest BCUT2D eigenvalue weighted by atomic mass is 16.5. The fourth-order valence-electron chi connectivity index (χ4n) is 4.19. The first-order chi connectivity index (χ1) is 16.5. The topological polar surface area (TPSA) is 116 Å². The van der Waals surface area contributed by atoms with Crippen LogP contribution in [0.1, 0.15) is 41.5 Å². The lowest BCUT2D eigenvalue weighted by Gasteiger charge is -2.18. The highest BCUT2D eigenvalue weighted by molar-refractivity contribution is 5.87. The number of fused-ring (bicyclic) bond motifs is 2. The number of rotatable bonds is 5. The number of methoxy groups -OCH3 is 1. The van der Waals surface area contributed by atoms with Crippen molar-refractivity contribution < 1.29 is 9.53 Å². The van der Waals surface area contributed by atoms with Crippen molar-refractivity contribution in [2.75, 3.05) is 19.0 Å². The molecular weight excluding hydrogens is 434 g/mol. The largest absolute Gasteiger partial charge is 0.464 e. The fraction of sp³-hybridized carbons (Fsp3) is 0.292. The van der Waals surface area contributed by atoms with E-state index >= 15 is 0 Å². The molecule has 0 saturated heterocycles. The van der Waals surface area contributed by atoms with Crippen LogP contribution in [0, 0.1) is 0 Å². The molecule has 1 aliphatic rings. The quantitative estimate of drug-likeness (QED) is 0.438. The van der Waals surface area contributed by atoms with Gasteiger partial charge in [0.05, 0.1) is 7.11 Å². The van der Waals surface area contributed by atoms with E-state index in [-0.39, 0.29) is 17.3 Å². The molecule has 0 bridgehead atoms. The summed E-state index contributed by atoms with van der Waals surface area (Å²) < 4.78 is 7.98. The number of ether oxygens (including phenoxy) is 1. The van der Waals surface area contributed by atoms with Crippen LogP contribution in [0.5, 0.6) is 0 Å². The Morgan fingerprint density at radius 3 is 2.82 bits per heavy atom. The lowest BCUT2D eigenvalue weighted by molar-refractivity contribution is 0.0594. The summed E-state index contributed by atoms with van der Waals surface area (Å²) in [7, 11) is 1.30. The van der Waals surface area contributed by atoms with Crippen LogP contribution >= 0.6 is 0 Å². The molecule has 0 saturated carbocycles. The number of carbonyl (C=O) groups excluding carboxylic acids is 1. The van der Waals surface area contributed by atoms with Gasteiger partial charge in [-0.05, 0) is 62.2 Å². The van der Waals surface area contributed by atoms with Gasteiger partial charge in [0.25, 0.3) is 5.56 Å². The summed E-state index contributed by atoms with van der Waals surface area (Å²) in [4.78, 5) is 38.7. The van der Waals surface area contributed by atoms with Crippen LogP contribution in [0.15, 0.2) is 47.4 Å². The predicted octanol–water partition coefficient (Wildman–Crippen LogP) is 2.73. The zero-order chi connectivity index (χ0) is 23.8. The molecule has 0 aliphatic carbocycles. The maximum atomic E-state index is 13.2. The summed E-state index contributed by atoms with van der Waals surface area (Å²) >= 11 is 0. The minimum atomic E-state index is -0.559. The third-order valence-corrected chi connectivity index (χ3v) is 5.81. The van der Waals surface area contributed by atoms with Crippen molar-refractivity contribution in [3.8, 4) is 5.82 Å². The summed E-state index contributed by atoms with van der Waals surface area (Å²) in [6.07, 6.45) is 2.48. The summed E-state index contributed by atoms with van der Waals surface area (Å²) in [6.45, 7) is 5.61. The molecule has 1 aromatic carbocycles. The van der Waals surface area contributed by atoms with Gasteiger partial charge < -0.3 is 15.4 Å². The number of nitrogens with zero attached hydrogens (tertiary/aromatic N) is 5. The Labute approximate surface area is 195 Å². The van der Waals surface area contributed by atoms with E-state index in [1.807, 2.05) is 19.9 Å². The standard InChI is InChI=1S/C24H25N7O3/c1-14(2)30-22(32)18-13-26-24(27-17-8-7-16-12-25-10-9-15(16)11-17)29-21(18)31(30)20-6-4-5-19(28-20)23(33)34-3/h4-8,11,13-14,25H,9-10,12H2,1-3H3,(H,26,27,29). The molecule has 4 aromatic rings. The van der Waals surface area contributed by atoms with E-state index in [1.165, 1.54) is 24.4 Å². The molecule has 0 radical (unpaired) electrons. The van der Waals surface area contributed by atoms with E-state index in [2.05, 4.69) is 37.7 Å². The van der Waals surface area contributed by atoms with Gasteiger partial charge in [0.1, 0.15) is 5.39 Å². The van der Waals surface area contributed by atoms with Crippen LogP contribution in [0.3, 0.4) is 0 Å². The zero-order valence-corrected chi connectivity index (χ0v) is 19.2. The number of pyridine rings is 1. The average Bonchev–Trinajstić information content (AvgIpc) is 3.15. The summed E-state index contributed by atoms with van der Waals surface area (Å²) in [5.74, 6) is 0.186. The molecule has 5 rings (SSSR count). The Hall–Kier alpha value is -4.05. The second-order valence-corrected chi connectivity index (χ2v) is 8.39. The average molecular weight is 460 g/mol. The van der Waals surface area contributed by atoms with E-state index in [0.29, 0.717) is 22.8 Å². The minimum absolute atomic E-state index is 0.139. The molecule has 10 heteroatoms. The predicted molar refractivity (Wildman–Crippen MR) is 128 cm³/mol. The van der Waals surface area contributed by atoms with Crippen molar-refractivity contribution in [1.29, 1.82) is 0 Å². The van der Waals surface area contributed by atoms with Gasteiger partial charge in [-0.25, -0.2) is 24.1 Å². The normalized spacial score (nSPS) is 13.2. The van der Waals surface area contributed by atoms with Gasteiger partial charge in [-0.1, -0.05) is 12.1 Å². The molecule has 2 N–H and O–H groups in total. The van der Waals surface area contributed by atoms with Crippen molar-refractivity contribution >= 4 is 28.6 Å². The van der Waals surface area contributed by atoms with Gasteiger partial charge >= 0.3 is 5.97 Å². The summed E-state index contributed by atoms with van der Waals surface area (Å²) in [5, 5.41) is 6.99. The van der Waals surface area contributed by atoms with Crippen molar-refractivity contribution in [3.63, 3.8) is 0 Å². The molecule has 4 heterocycles. The molecule has 10 nitrogen and oxygen atoms in total. The van der Waals surface area contributed by atoms with Crippen molar-refractivity contribution in [3.05, 3.63) is 69.8 Å². The first-order valence-corrected chi connectivity index (χ1v) is 11.1. The third kappa shape index (κ3) is 3.81. The number of benzene rings is 1. The van der Waals surface area contributed by atoms with Crippen LogP contribution in [-0.2, 0) is 17.7 Å². The number of carbonyl (C=O) groups is 1. The zero-order valence-electron chi connectivity index (χ0n) is 19.2. The second-order valence-electron chi connectivity index (χ2n) is 8.39. The Bertz CT molecular complexity index is 1450. The first kappa shape index (κ1) is 21.8. The molecule has 3 aromatic heterocycles. The van der Waals surface area contributed by atoms with Crippen molar-refractivity contribution in [2.24, 2.45) is 0 Å². The highest BCUT2D eigenvalue weighted by Gasteiger charge is 2.21. The van der Waals surface area contributed by atoms with Gasteiger partial charge in [-0.15, -0.1) is 0 Å². The molecule has 174 valence electrons. The maximum Gasteiger partial charge on any atom is 0.356 e. The van der Waals surface area contributed by atoms with E-state index < -0.39 is 5.97 Å². The van der Waals surface area contributed by atoms with Gasteiger partial charge in [0.15, 0.2) is 17.2 Å². The molecule has 0 fully saturated rings. The van der Waals surface area contributed by atoms with Crippen LogP contribution in [0.2, 0.25) is 0 Å². The van der Waals surface area contributed by atoms with Gasteiger partial charge in [0, 0.05) is 24.5 Å². The number of anilines is 2. The van der Waals surface area contributed by atoms with Crippen molar-refractivity contribution in [1.82, 2.24) is 29.6 Å². The minimum Gasteiger partial charge on any atom is -0.464 e. The monoisotopic (exact) mass is 459 g/mol.